The maximum Gasteiger partial charge on any atom is 0.310 e. The molecule has 80 valence electrons. The predicted molar refractivity (Wildman–Crippen MR) is 52.1 cm³/mol. The molecule has 0 aromatic heterocycles. The van der Waals surface area contributed by atoms with E-state index in [0.29, 0.717) is 5.56 Å². The molecule has 0 fully saturated rings. The van der Waals surface area contributed by atoms with Crippen molar-refractivity contribution in [2.45, 2.75) is 13.3 Å². The molecule has 15 heavy (non-hydrogen) atoms. The Hall–Kier alpha value is -1.71. The molecule has 0 atom stereocenters. The van der Waals surface area contributed by atoms with Crippen LogP contribution < -0.4 is 0 Å². The molecule has 3 nitrogen and oxygen atoms in total. The van der Waals surface area contributed by atoms with Crippen LogP contribution in [0.4, 0.5) is 4.39 Å². The molecule has 0 heterocycles. The van der Waals surface area contributed by atoms with Gasteiger partial charge in [0.25, 0.3) is 0 Å². The number of ketones is 1. The molecule has 4 heteroatoms. The van der Waals surface area contributed by atoms with E-state index in [1.54, 1.807) is 0 Å². The van der Waals surface area contributed by atoms with Crippen molar-refractivity contribution >= 4 is 11.8 Å². The molecule has 0 amide bonds. The molecular formula is C11H11FO3. The van der Waals surface area contributed by atoms with Crippen molar-refractivity contribution in [3.05, 3.63) is 35.1 Å². The normalized spacial score (nSPS) is 9.80. The van der Waals surface area contributed by atoms with E-state index >= 15 is 0 Å². The molecule has 0 aliphatic carbocycles. The average Bonchev–Trinajstić information content (AvgIpc) is 2.20. The number of hydrogen-bond donors (Lipinski definition) is 0. The Morgan fingerprint density at radius 3 is 2.53 bits per heavy atom. The van der Waals surface area contributed by atoms with Crippen LogP contribution in [-0.4, -0.2) is 18.9 Å². The summed E-state index contributed by atoms with van der Waals surface area (Å²) in [6, 6.07) is 4.04. The van der Waals surface area contributed by atoms with Crippen LogP contribution in [0.1, 0.15) is 22.8 Å². The Bertz CT molecular complexity index is 399. The van der Waals surface area contributed by atoms with E-state index < -0.39 is 11.8 Å². The van der Waals surface area contributed by atoms with Crippen LogP contribution in [-0.2, 0) is 16.0 Å². The van der Waals surface area contributed by atoms with Crippen molar-refractivity contribution in [2.75, 3.05) is 7.11 Å². The smallest absolute Gasteiger partial charge is 0.310 e. The number of rotatable bonds is 3. The Balaban J connectivity index is 2.93. The van der Waals surface area contributed by atoms with Gasteiger partial charge in [-0.05, 0) is 18.6 Å². The third-order valence-corrected chi connectivity index (χ3v) is 2.02. The highest BCUT2D eigenvalue weighted by molar-refractivity contribution is 5.94. The molecule has 0 N–H and O–H groups in total. The fourth-order valence-corrected chi connectivity index (χ4v) is 1.14. The lowest BCUT2D eigenvalue weighted by atomic mass is 10.1. The average molecular weight is 210 g/mol. The molecule has 0 bridgehead atoms. The van der Waals surface area contributed by atoms with E-state index in [0.717, 1.165) is 6.07 Å². The highest BCUT2D eigenvalue weighted by atomic mass is 19.1. The maximum absolute atomic E-state index is 13.3. The first-order valence-electron chi connectivity index (χ1n) is 4.40. The van der Waals surface area contributed by atoms with E-state index in [1.807, 2.05) is 0 Å². The highest BCUT2D eigenvalue weighted by Gasteiger charge is 2.10. The highest BCUT2D eigenvalue weighted by Crippen LogP contribution is 2.12. The van der Waals surface area contributed by atoms with E-state index in [4.69, 9.17) is 0 Å². The monoisotopic (exact) mass is 210 g/mol. The van der Waals surface area contributed by atoms with Gasteiger partial charge in [0.1, 0.15) is 5.82 Å². The van der Waals surface area contributed by atoms with Gasteiger partial charge in [0, 0.05) is 5.56 Å². The molecule has 1 rings (SSSR count). The number of esters is 1. The molecule has 1 aromatic rings. The van der Waals surface area contributed by atoms with Gasteiger partial charge in [-0.3, -0.25) is 9.59 Å². The number of methoxy groups -OCH3 is 1. The molecular weight excluding hydrogens is 199 g/mol. The van der Waals surface area contributed by atoms with Crippen molar-refractivity contribution in [2.24, 2.45) is 0 Å². The molecule has 0 unspecified atom stereocenters. The second-order valence-corrected chi connectivity index (χ2v) is 3.12. The summed E-state index contributed by atoms with van der Waals surface area (Å²) in [6.45, 7) is 1.36. The Morgan fingerprint density at radius 2 is 2.07 bits per heavy atom. The van der Waals surface area contributed by atoms with Crippen LogP contribution in [0.3, 0.4) is 0 Å². The Morgan fingerprint density at radius 1 is 1.40 bits per heavy atom. The quantitative estimate of drug-likeness (QED) is 0.563. The lowest BCUT2D eigenvalue weighted by Gasteiger charge is -2.03. The third-order valence-electron chi connectivity index (χ3n) is 2.02. The molecule has 0 spiro atoms. The molecule has 0 saturated heterocycles. The SMILES string of the molecule is COC(=O)Cc1ccc(C(C)=O)cc1F. The Kier molecular flexibility index (Phi) is 3.55. The fourth-order valence-electron chi connectivity index (χ4n) is 1.14. The second kappa shape index (κ2) is 4.68. The minimum atomic E-state index is -0.562. The third kappa shape index (κ3) is 2.87. The minimum Gasteiger partial charge on any atom is -0.469 e. The van der Waals surface area contributed by atoms with Gasteiger partial charge in [0.15, 0.2) is 5.78 Å². The molecule has 0 radical (unpaired) electrons. The number of halogens is 1. The van der Waals surface area contributed by atoms with Gasteiger partial charge < -0.3 is 4.74 Å². The number of carbonyl (C=O) groups excluding carboxylic acids is 2. The summed E-state index contributed by atoms with van der Waals surface area (Å²) in [5, 5.41) is 0. The van der Waals surface area contributed by atoms with Crippen LogP contribution >= 0.6 is 0 Å². The molecule has 0 saturated carbocycles. The number of carbonyl (C=O) groups is 2. The first-order valence-corrected chi connectivity index (χ1v) is 4.40. The first-order chi connectivity index (χ1) is 7.04. The molecule has 0 aliphatic rings. The lowest BCUT2D eigenvalue weighted by Crippen LogP contribution is -2.07. The first kappa shape index (κ1) is 11.4. The van der Waals surface area contributed by atoms with E-state index in [1.165, 1.54) is 26.2 Å². The summed E-state index contributed by atoms with van der Waals surface area (Å²) in [5.74, 6) is -1.28. The van der Waals surface area contributed by atoms with E-state index in [-0.39, 0.29) is 17.8 Å². The summed E-state index contributed by atoms with van der Waals surface area (Å²) in [5.41, 5.74) is 0.521. The summed E-state index contributed by atoms with van der Waals surface area (Å²) >= 11 is 0. The van der Waals surface area contributed by atoms with E-state index in [2.05, 4.69) is 4.74 Å². The van der Waals surface area contributed by atoms with Gasteiger partial charge in [0.2, 0.25) is 0 Å². The summed E-state index contributed by atoms with van der Waals surface area (Å²) in [6.07, 6.45) is -0.124. The summed E-state index contributed by atoms with van der Waals surface area (Å²) in [4.78, 5) is 21.8. The zero-order valence-electron chi connectivity index (χ0n) is 8.54. The number of Topliss-reactive ketones (excluding diaryl/α,β-unsaturated/α-hetero) is 1. The van der Waals surface area contributed by atoms with Crippen molar-refractivity contribution in [1.82, 2.24) is 0 Å². The van der Waals surface area contributed by atoms with Crippen molar-refractivity contribution in [3.63, 3.8) is 0 Å². The van der Waals surface area contributed by atoms with Gasteiger partial charge in [-0.25, -0.2) is 4.39 Å². The van der Waals surface area contributed by atoms with Crippen LogP contribution in [0.5, 0.6) is 0 Å². The largest absolute Gasteiger partial charge is 0.469 e. The van der Waals surface area contributed by atoms with Crippen molar-refractivity contribution in [1.29, 1.82) is 0 Å². The van der Waals surface area contributed by atoms with Gasteiger partial charge in [-0.1, -0.05) is 12.1 Å². The van der Waals surface area contributed by atoms with Gasteiger partial charge in [0.05, 0.1) is 13.5 Å². The second-order valence-electron chi connectivity index (χ2n) is 3.12. The van der Waals surface area contributed by atoms with Gasteiger partial charge in [-0.15, -0.1) is 0 Å². The molecule has 1 aromatic carbocycles. The summed E-state index contributed by atoms with van der Waals surface area (Å²) < 4.78 is 17.8. The number of hydrogen-bond acceptors (Lipinski definition) is 3. The zero-order valence-corrected chi connectivity index (χ0v) is 8.54. The van der Waals surface area contributed by atoms with Gasteiger partial charge >= 0.3 is 5.97 Å². The predicted octanol–water partition coefficient (Wildman–Crippen LogP) is 1.74. The fraction of sp³-hybridized carbons (Fsp3) is 0.273. The van der Waals surface area contributed by atoms with Gasteiger partial charge in [-0.2, -0.15) is 0 Å². The summed E-state index contributed by atoms with van der Waals surface area (Å²) in [7, 11) is 1.24. The van der Waals surface area contributed by atoms with Crippen LogP contribution in [0.2, 0.25) is 0 Å². The zero-order chi connectivity index (χ0) is 11.4. The minimum absolute atomic E-state index is 0.124. The topological polar surface area (TPSA) is 43.4 Å². The lowest BCUT2D eigenvalue weighted by molar-refractivity contribution is -0.139. The van der Waals surface area contributed by atoms with Crippen LogP contribution in [0.25, 0.3) is 0 Å². The number of ether oxygens (including phenoxy) is 1. The number of benzene rings is 1. The maximum atomic E-state index is 13.3. The standard InChI is InChI=1S/C11H11FO3/c1-7(13)8-3-4-9(10(12)5-8)6-11(14)15-2/h3-5H,6H2,1-2H3. The van der Waals surface area contributed by atoms with Crippen LogP contribution in [0.15, 0.2) is 18.2 Å². The van der Waals surface area contributed by atoms with Crippen molar-refractivity contribution in [3.8, 4) is 0 Å². The Labute approximate surface area is 86.9 Å². The molecule has 0 aliphatic heterocycles. The van der Waals surface area contributed by atoms with Crippen LogP contribution in [0, 0.1) is 5.82 Å². The van der Waals surface area contributed by atoms with Crippen molar-refractivity contribution < 1.29 is 18.7 Å². The van der Waals surface area contributed by atoms with E-state index in [9.17, 15) is 14.0 Å².